The summed E-state index contributed by atoms with van der Waals surface area (Å²) in [6.07, 6.45) is 3.33. The smallest absolute Gasteiger partial charge is 0.305 e. The Balaban J connectivity index is 2.18. The maximum absolute atomic E-state index is 13.0. The number of aromatic nitrogens is 1. The van der Waals surface area contributed by atoms with E-state index in [0.29, 0.717) is 18.1 Å². The molecule has 0 aliphatic carbocycles. The Morgan fingerprint density at radius 2 is 2.09 bits per heavy atom. The lowest BCUT2D eigenvalue weighted by atomic mass is 10.1. The molecule has 2 heterocycles. The van der Waals surface area contributed by atoms with Crippen LogP contribution in [0.5, 0.6) is 0 Å². The number of hydrogen-bond acceptors (Lipinski definition) is 5. The summed E-state index contributed by atoms with van der Waals surface area (Å²) in [4.78, 5) is 30.7. The van der Waals surface area contributed by atoms with Crippen LogP contribution in [0.1, 0.15) is 53.0 Å². The number of rotatable bonds is 7. The molecule has 0 bridgehead atoms. The lowest BCUT2D eigenvalue weighted by Crippen LogP contribution is -2.44. The van der Waals surface area contributed by atoms with Crippen LogP contribution in [-0.2, 0) is 16.0 Å². The molecule has 0 radical (unpaired) electrons. The minimum absolute atomic E-state index is 0.0389. The monoisotopic (exact) mass is 340 g/mol. The lowest BCUT2D eigenvalue weighted by molar-refractivity contribution is -0.137. The highest BCUT2D eigenvalue weighted by Gasteiger charge is 2.29. The van der Waals surface area contributed by atoms with Gasteiger partial charge in [0.2, 0.25) is 0 Å². The molecule has 1 aliphatic rings. The van der Waals surface area contributed by atoms with Crippen LogP contribution < -0.4 is 0 Å². The van der Waals surface area contributed by atoms with Gasteiger partial charge in [0, 0.05) is 25.8 Å². The van der Waals surface area contributed by atoms with Gasteiger partial charge in [-0.25, -0.2) is 4.98 Å². The molecule has 1 saturated heterocycles. The van der Waals surface area contributed by atoms with Gasteiger partial charge in [-0.05, 0) is 32.6 Å². The number of amides is 1. The van der Waals surface area contributed by atoms with Gasteiger partial charge in [-0.3, -0.25) is 9.59 Å². The predicted molar refractivity (Wildman–Crippen MR) is 88.0 cm³/mol. The van der Waals surface area contributed by atoms with Crippen LogP contribution in [-0.4, -0.2) is 52.7 Å². The van der Waals surface area contributed by atoms with Crippen molar-refractivity contribution in [2.75, 3.05) is 19.8 Å². The first-order valence-corrected chi connectivity index (χ1v) is 8.91. The summed E-state index contributed by atoms with van der Waals surface area (Å²) in [6, 6.07) is 0.0479. The third-order valence-electron chi connectivity index (χ3n) is 3.96. The van der Waals surface area contributed by atoms with Gasteiger partial charge in [0.25, 0.3) is 5.91 Å². The van der Waals surface area contributed by atoms with Crippen molar-refractivity contribution < 1.29 is 19.4 Å². The third kappa shape index (κ3) is 4.75. The van der Waals surface area contributed by atoms with E-state index in [1.807, 2.05) is 6.92 Å². The lowest BCUT2D eigenvalue weighted by Gasteiger charge is -2.34. The Bertz CT molecular complexity index is 552. The van der Waals surface area contributed by atoms with Gasteiger partial charge in [-0.15, -0.1) is 11.3 Å². The number of aryl methyl sites for hydroxylation is 2. The van der Waals surface area contributed by atoms with Crippen LogP contribution in [0.2, 0.25) is 0 Å². The number of carboxylic acid groups (broad SMARTS) is 1. The van der Waals surface area contributed by atoms with Crippen molar-refractivity contribution in [2.24, 2.45) is 0 Å². The topological polar surface area (TPSA) is 79.7 Å². The first kappa shape index (κ1) is 17.9. The molecule has 23 heavy (non-hydrogen) atoms. The van der Waals surface area contributed by atoms with Gasteiger partial charge in [0.15, 0.2) is 0 Å². The summed E-state index contributed by atoms with van der Waals surface area (Å²) in [7, 11) is 0. The molecule has 1 fully saturated rings. The first-order chi connectivity index (χ1) is 11.0. The van der Waals surface area contributed by atoms with Crippen molar-refractivity contribution in [2.45, 2.75) is 52.0 Å². The van der Waals surface area contributed by atoms with E-state index in [-0.39, 0.29) is 24.9 Å². The second-order valence-electron chi connectivity index (χ2n) is 5.76. The van der Waals surface area contributed by atoms with E-state index in [1.54, 1.807) is 4.90 Å². The molecule has 6 nitrogen and oxygen atoms in total. The summed E-state index contributed by atoms with van der Waals surface area (Å²) >= 11 is 1.44. The fourth-order valence-electron chi connectivity index (χ4n) is 2.76. The molecule has 1 aromatic rings. The SMILES string of the molecule is CCCc1nc(C)c(C(=O)N(CCC(=O)O)C2CCOCC2)s1. The van der Waals surface area contributed by atoms with Crippen LogP contribution in [0.25, 0.3) is 0 Å². The molecule has 2 rings (SSSR count). The highest BCUT2D eigenvalue weighted by molar-refractivity contribution is 7.13. The Labute approximate surface area is 140 Å². The van der Waals surface area contributed by atoms with Gasteiger partial charge < -0.3 is 14.7 Å². The van der Waals surface area contributed by atoms with E-state index < -0.39 is 5.97 Å². The number of thiazole rings is 1. The molecule has 7 heteroatoms. The van der Waals surface area contributed by atoms with Crippen LogP contribution in [0.4, 0.5) is 0 Å². The summed E-state index contributed by atoms with van der Waals surface area (Å²) in [5, 5.41) is 9.94. The minimum atomic E-state index is -0.887. The Kier molecular flexibility index (Phi) is 6.53. The maximum atomic E-state index is 13.0. The van der Waals surface area contributed by atoms with E-state index in [4.69, 9.17) is 9.84 Å². The molecule has 1 aromatic heterocycles. The zero-order valence-corrected chi connectivity index (χ0v) is 14.5. The number of nitrogens with zero attached hydrogens (tertiary/aromatic N) is 2. The van der Waals surface area contributed by atoms with Crippen LogP contribution >= 0.6 is 11.3 Å². The first-order valence-electron chi connectivity index (χ1n) is 8.09. The van der Waals surface area contributed by atoms with Gasteiger partial charge in [-0.1, -0.05) is 6.92 Å². The van der Waals surface area contributed by atoms with Crippen LogP contribution in [0, 0.1) is 6.92 Å². The molecule has 0 saturated carbocycles. The van der Waals surface area contributed by atoms with E-state index in [2.05, 4.69) is 11.9 Å². The van der Waals surface area contributed by atoms with E-state index in [9.17, 15) is 9.59 Å². The van der Waals surface area contributed by atoms with E-state index in [0.717, 1.165) is 36.4 Å². The zero-order valence-electron chi connectivity index (χ0n) is 13.7. The Morgan fingerprint density at radius 1 is 1.39 bits per heavy atom. The average molecular weight is 340 g/mol. The fraction of sp³-hybridized carbons (Fsp3) is 0.688. The maximum Gasteiger partial charge on any atom is 0.305 e. The summed E-state index contributed by atoms with van der Waals surface area (Å²) in [5.41, 5.74) is 0.746. The summed E-state index contributed by atoms with van der Waals surface area (Å²) in [6.45, 7) is 5.40. The Morgan fingerprint density at radius 3 is 2.70 bits per heavy atom. The number of carbonyl (C=O) groups excluding carboxylic acids is 1. The third-order valence-corrected chi connectivity index (χ3v) is 5.16. The molecule has 1 amide bonds. The van der Waals surface area contributed by atoms with Crippen molar-refractivity contribution in [3.63, 3.8) is 0 Å². The molecule has 1 N–H and O–H groups in total. The second kappa shape index (κ2) is 8.40. The van der Waals surface area contributed by atoms with Crippen molar-refractivity contribution >= 4 is 23.2 Å². The van der Waals surface area contributed by atoms with Gasteiger partial charge >= 0.3 is 5.97 Å². The van der Waals surface area contributed by atoms with E-state index in [1.165, 1.54) is 11.3 Å². The van der Waals surface area contributed by atoms with Gasteiger partial charge in [0.05, 0.1) is 17.1 Å². The van der Waals surface area contributed by atoms with Gasteiger partial charge in [0.1, 0.15) is 4.88 Å². The molecular weight excluding hydrogens is 316 g/mol. The normalized spacial score (nSPS) is 15.6. The molecule has 1 aliphatic heterocycles. The number of aliphatic carboxylic acids is 1. The molecular formula is C16H24N2O4S. The molecule has 0 unspecified atom stereocenters. The highest BCUT2D eigenvalue weighted by Crippen LogP contribution is 2.24. The molecule has 128 valence electrons. The largest absolute Gasteiger partial charge is 0.481 e. The van der Waals surface area contributed by atoms with Crippen LogP contribution in [0.15, 0.2) is 0 Å². The fourth-order valence-corrected chi connectivity index (χ4v) is 3.89. The molecule has 0 spiro atoms. The number of hydrogen-bond donors (Lipinski definition) is 1. The standard InChI is InChI=1S/C16H24N2O4S/c1-3-4-13-17-11(2)15(23-13)16(21)18(8-5-14(19)20)12-6-9-22-10-7-12/h12H,3-10H2,1-2H3,(H,19,20). The second-order valence-corrected chi connectivity index (χ2v) is 6.84. The minimum Gasteiger partial charge on any atom is -0.481 e. The van der Waals surface area contributed by atoms with Crippen molar-refractivity contribution in [1.82, 2.24) is 9.88 Å². The number of ether oxygens (including phenoxy) is 1. The summed E-state index contributed by atoms with van der Waals surface area (Å²) in [5.74, 6) is -0.974. The zero-order chi connectivity index (χ0) is 16.8. The average Bonchev–Trinajstić information content (AvgIpc) is 2.89. The summed E-state index contributed by atoms with van der Waals surface area (Å²) < 4.78 is 5.36. The van der Waals surface area contributed by atoms with Crippen molar-refractivity contribution in [3.8, 4) is 0 Å². The quantitative estimate of drug-likeness (QED) is 0.825. The predicted octanol–water partition coefficient (Wildman–Crippen LogP) is 2.50. The van der Waals surface area contributed by atoms with Crippen molar-refractivity contribution in [3.05, 3.63) is 15.6 Å². The molecule has 0 atom stereocenters. The number of carboxylic acids is 1. The number of carbonyl (C=O) groups is 2. The van der Waals surface area contributed by atoms with Crippen LogP contribution in [0.3, 0.4) is 0 Å². The van der Waals surface area contributed by atoms with Gasteiger partial charge in [-0.2, -0.15) is 0 Å². The highest BCUT2D eigenvalue weighted by atomic mass is 32.1. The molecule has 0 aromatic carbocycles. The van der Waals surface area contributed by atoms with Crippen molar-refractivity contribution in [1.29, 1.82) is 0 Å². The van der Waals surface area contributed by atoms with E-state index >= 15 is 0 Å². The Hall–Kier alpha value is -1.47.